The maximum absolute atomic E-state index is 12.7. The Hall–Kier alpha value is -1.44. The molecule has 2 aliphatic heterocycles. The summed E-state index contributed by atoms with van der Waals surface area (Å²) in [6.45, 7) is 3.24. The van der Waals surface area contributed by atoms with Crippen LogP contribution < -0.4 is 5.32 Å². The van der Waals surface area contributed by atoms with Gasteiger partial charge in [-0.2, -0.15) is 0 Å². The number of aromatic nitrogens is 2. The molecule has 0 saturated carbocycles. The van der Waals surface area contributed by atoms with E-state index in [4.69, 9.17) is 0 Å². The molecule has 4 rings (SSSR count). The van der Waals surface area contributed by atoms with Gasteiger partial charge in [0.05, 0.1) is 5.60 Å². The largest absolute Gasteiger partial charge is 0.390 e. The van der Waals surface area contributed by atoms with Crippen molar-refractivity contribution in [2.75, 3.05) is 26.2 Å². The lowest BCUT2D eigenvalue weighted by atomic mass is 9.75. The standard InChI is InChI=1S/C16H22N4O2S/c21-14(13-11-23-15-18-7-10-20(13)15)19-8-1-12(2-9-19)16(22)3-5-17-6-4-16/h7,10-12,17,22H,1-6,8-9H2. The third kappa shape index (κ3) is 2.66. The molecule has 7 heteroatoms. The first-order valence-electron chi connectivity index (χ1n) is 8.30. The van der Waals surface area contributed by atoms with Gasteiger partial charge in [-0.15, -0.1) is 11.3 Å². The molecule has 4 heterocycles. The van der Waals surface area contributed by atoms with Crippen molar-refractivity contribution in [1.82, 2.24) is 19.6 Å². The van der Waals surface area contributed by atoms with Gasteiger partial charge in [0.1, 0.15) is 5.69 Å². The number of carbonyl (C=O) groups is 1. The molecule has 0 radical (unpaired) electrons. The summed E-state index contributed by atoms with van der Waals surface area (Å²) < 4.78 is 1.86. The monoisotopic (exact) mass is 334 g/mol. The number of amides is 1. The van der Waals surface area contributed by atoms with Gasteiger partial charge in [0, 0.05) is 30.9 Å². The topological polar surface area (TPSA) is 69.9 Å². The zero-order chi connectivity index (χ0) is 15.9. The Balaban J connectivity index is 1.43. The lowest BCUT2D eigenvalue weighted by molar-refractivity contribution is -0.0618. The second-order valence-corrected chi connectivity index (χ2v) is 7.46. The van der Waals surface area contributed by atoms with Gasteiger partial charge < -0.3 is 15.3 Å². The van der Waals surface area contributed by atoms with E-state index in [9.17, 15) is 9.90 Å². The fourth-order valence-electron chi connectivity index (χ4n) is 3.93. The van der Waals surface area contributed by atoms with Crippen LogP contribution in [0, 0.1) is 5.92 Å². The summed E-state index contributed by atoms with van der Waals surface area (Å²) >= 11 is 1.49. The maximum Gasteiger partial charge on any atom is 0.271 e. The van der Waals surface area contributed by atoms with Crippen LogP contribution in [0.3, 0.4) is 0 Å². The quantitative estimate of drug-likeness (QED) is 0.870. The zero-order valence-corrected chi connectivity index (χ0v) is 13.9. The van der Waals surface area contributed by atoms with Gasteiger partial charge in [-0.1, -0.05) is 0 Å². The molecule has 0 unspecified atom stereocenters. The van der Waals surface area contributed by atoms with Crippen molar-refractivity contribution in [1.29, 1.82) is 0 Å². The molecule has 0 spiro atoms. The van der Waals surface area contributed by atoms with E-state index in [2.05, 4.69) is 10.3 Å². The van der Waals surface area contributed by atoms with E-state index in [1.54, 1.807) is 6.20 Å². The third-order valence-corrected chi connectivity index (χ3v) is 6.23. The number of nitrogens with zero attached hydrogens (tertiary/aromatic N) is 3. The van der Waals surface area contributed by atoms with E-state index < -0.39 is 5.60 Å². The second kappa shape index (κ2) is 5.89. The average Bonchev–Trinajstić information content (AvgIpc) is 3.18. The highest BCUT2D eigenvalue weighted by Crippen LogP contribution is 2.35. The molecule has 23 heavy (non-hydrogen) atoms. The number of aliphatic hydroxyl groups is 1. The number of fused-ring (bicyclic) bond motifs is 1. The molecule has 0 aliphatic carbocycles. The molecular weight excluding hydrogens is 312 g/mol. The van der Waals surface area contributed by atoms with Crippen LogP contribution in [0.2, 0.25) is 0 Å². The highest BCUT2D eigenvalue weighted by Gasteiger charge is 2.40. The van der Waals surface area contributed by atoms with E-state index in [0.717, 1.165) is 56.8 Å². The molecule has 124 valence electrons. The Morgan fingerprint density at radius 2 is 2.09 bits per heavy atom. The van der Waals surface area contributed by atoms with Gasteiger partial charge in [0.2, 0.25) is 0 Å². The number of hydrogen-bond acceptors (Lipinski definition) is 5. The number of likely N-dealkylation sites (tertiary alicyclic amines) is 1. The van der Waals surface area contributed by atoms with Crippen LogP contribution in [0.1, 0.15) is 36.2 Å². The van der Waals surface area contributed by atoms with Gasteiger partial charge in [0.15, 0.2) is 4.96 Å². The first-order chi connectivity index (χ1) is 11.2. The molecular formula is C16H22N4O2S. The number of nitrogens with one attached hydrogen (secondary N) is 1. The van der Waals surface area contributed by atoms with Crippen LogP contribution in [0.5, 0.6) is 0 Å². The van der Waals surface area contributed by atoms with Gasteiger partial charge in [0.25, 0.3) is 5.91 Å². The molecule has 0 atom stereocenters. The summed E-state index contributed by atoms with van der Waals surface area (Å²) in [6, 6.07) is 0. The van der Waals surface area contributed by atoms with Crippen molar-refractivity contribution in [3.05, 3.63) is 23.5 Å². The lowest BCUT2D eigenvalue weighted by Gasteiger charge is -2.43. The van der Waals surface area contributed by atoms with Crippen LogP contribution in [-0.2, 0) is 0 Å². The van der Waals surface area contributed by atoms with Gasteiger partial charge in [-0.05, 0) is 44.7 Å². The van der Waals surface area contributed by atoms with E-state index in [1.165, 1.54) is 11.3 Å². The first kappa shape index (κ1) is 15.1. The van der Waals surface area contributed by atoms with Crippen LogP contribution >= 0.6 is 11.3 Å². The predicted octanol–water partition coefficient (Wildman–Crippen LogP) is 1.36. The minimum Gasteiger partial charge on any atom is -0.390 e. The number of thiazole rings is 1. The normalized spacial score (nSPS) is 22.6. The minimum atomic E-state index is -0.541. The van der Waals surface area contributed by atoms with Gasteiger partial charge in [-0.3, -0.25) is 9.20 Å². The van der Waals surface area contributed by atoms with Crippen molar-refractivity contribution >= 4 is 22.2 Å². The Labute approximate surface area is 139 Å². The fraction of sp³-hybridized carbons (Fsp3) is 0.625. The molecule has 2 N–H and O–H groups in total. The van der Waals surface area contributed by atoms with Crippen molar-refractivity contribution in [3.8, 4) is 0 Å². The molecule has 2 aliphatic rings. The van der Waals surface area contributed by atoms with Crippen LogP contribution in [0.25, 0.3) is 4.96 Å². The predicted molar refractivity (Wildman–Crippen MR) is 88.8 cm³/mol. The Bertz CT molecular complexity index is 696. The molecule has 0 aromatic carbocycles. The van der Waals surface area contributed by atoms with Crippen molar-refractivity contribution in [2.24, 2.45) is 5.92 Å². The number of imidazole rings is 1. The number of hydrogen-bond donors (Lipinski definition) is 2. The molecule has 2 aromatic rings. The third-order valence-electron chi connectivity index (χ3n) is 5.37. The summed E-state index contributed by atoms with van der Waals surface area (Å²) in [5.41, 5.74) is 0.155. The van der Waals surface area contributed by atoms with E-state index >= 15 is 0 Å². The van der Waals surface area contributed by atoms with Crippen LogP contribution in [-0.4, -0.2) is 57.1 Å². The zero-order valence-electron chi connectivity index (χ0n) is 13.1. The van der Waals surface area contributed by atoms with Gasteiger partial charge in [-0.25, -0.2) is 4.98 Å². The lowest BCUT2D eigenvalue weighted by Crippen LogP contribution is -2.51. The second-order valence-electron chi connectivity index (χ2n) is 6.62. The molecule has 0 bridgehead atoms. The van der Waals surface area contributed by atoms with Crippen molar-refractivity contribution in [2.45, 2.75) is 31.3 Å². The molecule has 2 aromatic heterocycles. The fourth-order valence-corrected chi connectivity index (χ4v) is 4.75. The van der Waals surface area contributed by atoms with Gasteiger partial charge >= 0.3 is 0 Å². The molecule has 1 amide bonds. The number of piperidine rings is 2. The summed E-state index contributed by atoms with van der Waals surface area (Å²) in [4.78, 5) is 19.7. The SMILES string of the molecule is O=C(c1csc2nccn12)N1CCC(C2(O)CCNCC2)CC1. The molecule has 6 nitrogen and oxygen atoms in total. The highest BCUT2D eigenvalue weighted by atomic mass is 32.1. The van der Waals surface area contributed by atoms with E-state index in [-0.39, 0.29) is 5.91 Å². The van der Waals surface area contributed by atoms with Crippen LogP contribution in [0.15, 0.2) is 17.8 Å². The highest BCUT2D eigenvalue weighted by molar-refractivity contribution is 7.15. The molecule has 2 fully saturated rings. The first-order valence-corrected chi connectivity index (χ1v) is 9.18. The summed E-state index contributed by atoms with van der Waals surface area (Å²) in [5, 5.41) is 16.1. The maximum atomic E-state index is 12.7. The summed E-state index contributed by atoms with van der Waals surface area (Å²) in [6.07, 6.45) is 6.99. The Morgan fingerprint density at radius 3 is 2.83 bits per heavy atom. The molecule has 2 saturated heterocycles. The smallest absolute Gasteiger partial charge is 0.271 e. The minimum absolute atomic E-state index is 0.0741. The van der Waals surface area contributed by atoms with Crippen LogP contribution in [0.4, 0.5) is 0 Å². The van der Waals surface area contributed by atoms with E-state index in [1.807, 2.05) is 20.9 Å². The number of rotatable bonds is 2. The number of carbonyl (C=O) groups excluding carboxylic acids is 1. The Kier molecular flexibility index (Phi) is 3.87. The van der Waals surface area contributed by atoms with E-state index in [0.29, 0.717) is 11.6 Å². The average molecular weight is 334 g/mol. The van der Waals surface area contributed by atoms with Crippen molar-refractivity contribution < 1.29 is 9.90 Å². The van der Waals surface area contributed by atoms with Crippen molar-refractivity contribution in [3.63, 3.8) is 0 Å². The summed E-state index contributed by atoms with van der Waals surface area (Å²) in [5.74, 6) is 0.384. The summed E-state index contributed by atoms with van der Waals surface area (Å²) in [7, 11) is 0. The Morgan fingerprint density at radius 1 is 1.35 bits per heavy atom.